The van der Waals surface area contributed by atoms with Crippen LogP contribution in [0.4, 0.5) is 8.78 Å². The molecule has 0 atom stereocenters. The first kappa shape index (κ1) is 11.5. The summed E-state index contributed by atoms with van der Waals surface area (Å²) in [5.74, 6) is -0.776. The summed E-state index contributed by atoms with van der Waals surface area (Å²) < 4.78 is 25.8. The van der Waals surface area contributed by atoms with E-state index in [1.54, 1.807) is 0 Å². The van der Waals surface area contributed by atoms with Gasteiger partial charge < -0.3 is 0 Å². The summed E-state index contributed by atoms with van der Waals surface area (Å²) in [5.41, 5.74) is 1.37. The van der Waals surface area contributed by atoms with E-state index in [9.17, 15) is 8.78 Å². The third-order valence-corrected chi connectivity index (χ3v) is 3.19. The lowest BCUT2D eigenvalue weighted by Crippen LogP contribution is -1.91. The minimum Gasteiger partial charge on any atom is -0.245 e. The van der Waals surface area contributed by atoms with Gasteiger partial charge in [-0.3, -0.25) is 0 Å². The fourth-order valence-corrected chi connectivity index (χ4v) is 2.44. The standard InChI is InChI=1S/C11H8ClF2NS/c12-5-10-6-16-11(15-10)3-7-1-8(13)4-9(14)2-7/h1-2,4,6H,3,5H2. The molecule has 0 saturated heterocycles. The van der Waals surface area contributed by atoms with Gasteiger partial charge in [0.15, 0.2) is 0 Å². The number of hydrogen-bond donors (Lipinski definition) is 0. The van der Waals surface area contributed by atoms with Gasteiger partial charge in [0.25, 0.3) is 0 Å². The van der Waals surface area contributed by atoms with Gasteiger partial charge in [-0.25, -0.2) is 13.8 Å². The Morgan fingerprint density at radius 2 is 1.88 bits per heavy atom. The van der Waals surface area contributed by atoms with Crippen molar-refractivity contribution in [2.75, 3.05) is 0 Å². The molecule has 1 heterocycles. The number of rotatable bonds is 3. The molecule has 0 aliphatic heterocycles. The molecule has 5 heteroatoms. The molecule has 2 aromatic rings. The topological polar surface area (TPSA) is 12.9 Å². The fraction of sp³-hybridized carbons (Fsp3) is 0.182. The van der Waals surface area contributed by atoms with Crippen molar-refractivity contribution in [3.63, 3.8) is 0 Å². The summed E-state index contributed by atoms with van der Waals surface area (Å²) in [5, 5.41) is 2.65. The Bertz CT molecular complexity index is 478. The summed E-state index contributed by atoms with van der Waals surface area (Å²) in [4.78, 5) is 4.23. The van der Waals surface area contributed by atoms with Crippen LogP contribution in [0.3, 0.4) is 0 Å². The molecule has 0 unspecified atom stereocenters. The third kappa shape index (κ3) is 2.77. The van der Waals surface area contributed by atoms with E-state index in [0.29, 0.717) is 17.9 Å². The van der Waals surface area contributed by atoms with Crippen LogP contribution in [0.2, 0.25) is 0 Å². The Balaban J connectivity index is 2.19. The minimum absolute atomic E-state index is 0.355. The van der Waals surface area contributed by atoms with E-state index < -0.39 is 11.6 Å². The number of thiazole rings is 1. The molecular weight excluding hydrogens is 252 g/mol. The SMILES string of the molecule is Fc1cc(F)cc(Cc2nc(CCl)cs2)c1. The van der Waals surface area contributed by atoms with Crippen LogP contribution in [0, 0.1) is 11.6 Å². The normalized spacial score (nSPS) is 10.7. The van der Waals surface area contributed by atoms with Gasteiger partial charge in [-0.1, -0.05) is 0 Å². The monoisotopic (exact) mass is 259 g/mol. The van der Waals surface area contributed by atoms with E-state index in [0.717, 1.165) is 16.8 Å². The number of hydrogen-bond acceptors (Lipinski definition) is 2. The van der Waals surface area contributed by atoms with E-state index in [1.165, 1.54) is 23.5 Å². The minimum atomic E-state index is -0.566. The van der Waals surface area contributed by atoms with E-state index in [2.05, 4.69) is 4.98 Å². The van der Waals surface area contributed by atoms with Gasteiger partial charge in [-0.05, 0) is 17.7 Å². The highest BCUT2D eigenvalue weighted by Gasteiger charge is 2.05. The molecular formula is C11H8ClF2NS. The summed E-state index contributed by atoms with van der Waals surface area (Å²) in [6.07, 6.45) is 0.427. The van der Waals surface area contributed by atoms with Gasteiger partial charge in [0.2, 0.25) is 0 Å². The molecule has 1 aromatic heterocycles. The molecule has 0 spiro atoms. The Morgan fingerprint density at radius 3 is 2.44 bits per heavy atom. The second-order valence-electron chi connectivity index (χ2n) is 3.32. The molecule has 84 valence electrons. The summed E-state index contributed by atoms with van der Waals surface area (Å²) in [7, 11) is 0. The van der Waals surface area contributed by atoms with Gasteiger partial charge in [0.1, 0.15) is 11.6 Å². The number of alkyl halides is 1. The van der Waals surface area contributed by atoms with Gasteiger partial charge in [-0.15, -0.1) is 22.9 Å². The number of aromatic nitrogens is 1. The second kappa shape index (κ2) is 4.89. The summed E-state index contributed by atoms with van der Waals surface area (Å²) in [6, 6.07) is 3.48. The molecule has 0 fully saturated rings. The van der Waals surface area contributed by atoms with Crippen molar-refractivity contribution in [1.82, 2.24) is 4.98 Å². The molecule has 0 amide bonds. The molecule has 0 bridgehead atoms. The highest BCUT2D eigenvalue weighted by atomic mass is 35.5. The lowest BCUT2D eigenvalue weighted by Gasteiger charge is -1.99. The predicted molar refractivity (Wildman–Crippen MR) is 60.8 cm³/mol. The van der Waals surface area contributed by atoms with Gasteiger partial charge in [-0.2, -0.15) is 0 Å². The van der Waals surface area contributed by atoms with Crippen molar-refractivity contribution in [1.29, 1.82) is 0 Å². The molecule has 0 aliphatic carbocycles. The first-order valence-corrected chi connectivity index (χ1v) is 6.03. The van der Waals surface area contributed by atoms with Crippen molar-refractivity contribution in [3.8, 4) is 0 Å². The maximum Gasteiger partial charge on any atom is 0.126 e. The van der Waals surface area contributed by atoms with Crippen LogP contribution < -0.4 is 0 Å². The summed E-state index contributed by atoms with van der Waals surface area (Å²) in [6.45, 7) is 0. The van der Waals surface area contributed by atoms with Gasteiger partial charge in [0, 0.05) is 17.9 Å². The van der Waals surface area contributed by atoms with E-state index in [-0.39, 0.29) is 0 Å². The van der Waals surface area contributed by atoms with Crippen molar-refractivity contribution in [2.24, 2.45) is 0 Å². The number of nitrogens with zero attached hydrogens (tertiary/aromatic N) is 1. The Morgan fingerprint density at radius 1 is 1.19 bits per heavy atom. The molecule has 0 aliphatic rings. The zero-order chi connectivity index (χ0) is 11.5. The molecule has 0 saturated carbocycles. The number of benzene rings is 1. The van der Waals surface area contributed by atoms with E-state index in [4.69, 9.17) is 11.6 Å². The average molecular weight is 260 g/mol. The van der Waals surface area contributed by atoms with E-state index in [1.807, 2.05) is 5.38 Å². The van der Waals surface area contributed by atoms with Crippen LogP contribution in [0.5, 0.6) is 0 Å². The lowest BCUT2D eigenvalue weighted by molar-refractivity contribution is 0.580. The quantitative estimate of drug-likeness (QED) is 0.765. The average Bonchev–Trinajstić information content (AvgIpc) is 2.64. The predicted octanol–water partition coefficient (Wildman–Crippen LogP) is 3.75. The zero-order valence-electron chi connectivity index (χ0n) is 8.21. The van der Waals surface area contributed by atoms with Gasteiger partial charge in [0.05, 0.1) is 16.6 Å². The maximum atomic E-state index is 12.9. The fourth-order valence-electron chi connectivity index (χ4n) is 1.38. The van der Waals surface area contributed by atoms with Gasteiger partial charge >= 0.3 is 0 Å². The van der Waals surface area contributed by atoms with Crippen molar-refractivity contribution in [3.05, 3.63) is 51.5 Å². The van der Waals surface area contributed by atoms with E-state index >= 15 is 0 Å². The van der Waals surface area contributed by atoms with Crippen LogP contribution in [0.15, 0.2) is 23.6 Å². The smallest absolute Gasteiger partial charge is 0.126 e. The van der Waals surface area contributed by atoms with Crippen molar-refractivity contribution < 1.29 is 8.78 Å². The van der Waals surface area contributed by atoms with Crippen molar-refractivity contribution >= 4 is 22.9 Å². The molecule has 1 nitrogen and oxygen atoms in total. The van der Waals surface area contributed by atoms with Crippen LogP contribution in [-0.2, 0) is 12.3 Å². The summed E-state index contributed by atoms with van der Waals surface area (Å²) >= 11 is 7.06. The molecule has 0 radical (unpaired) electrons. The van der Waals surface area contributed by atoms with Crippen molar-refractivity contribution in [2.45, 2.75) is 12.3 Å². The maximum absolute atomic E-state index is 12.9. The largest absolute Gasteiger partial charge is 0.245 e. The van der Waals surface area contributed by atoms with Crippen LogP contribution >= 0.6 is 22.9 Å². The first-order valence-electron chi connectivity index (χ1n) is 4.61. The molecule has 1 aromatic carbocycles. The molecule has 0 N–H and O–H groups in total. The Hall–Kier alpha value is -1.000. The highest BCUT2D eigenvalue weighted by Crippen LogP contribution is 2.17. The van der Waals surface area contributed by atoms with Crippen LogP contribution in [-0.4, -0.2) is 4.98 Å². The lowest BCUT2D eigenvalue weighted by atomic mass is 10.1. The Labute approximate surface area is 101 Å². The van der Waals surface area contributed by atoms with Crippen LogP contribution in [0.25, 0.3) is 0 Å². The number of halogens is 3. The first-order chi connectivity index (χ1) is 7.67. The highest BCUT2D eigenvalue weighted by molar-refractivity contribution is 7.09. The Kier molecular flexibility index (Phi) is 3.51. The second-order valence-corrected chi connectivity index (χ2v) is 4.53. The van der Waals surface area contributed by atoms with Crippen LogP contribution in [0.1, 0.15) is 16.3 Å². The zero-order valence-corrected chi connectivity index (χ0v) is 9.79. The molecule has 2 rings (SSSR count). The molecule has 16 heavy (non-hydrogen) atoms. The third-order valence-electron chi connectivity index (χ3n) is 2.01.